The first-order chi connectivity index (χ1) is 6.43. The van der Waals surface area contributed by atoms with Crippen LogP contribution in [0.4, 0.5) is 0 Å². The zero-order chi connectivity index (χ0) is 9.36. The third-order valence-corrected chi connectivity index (χ3v) is 4.53. The van der Waals surface area contributed by atoms with Crippen molar-refractivity contribution in [2.45, 2.75) is 37.6 Å². The third-order valence-electron chi connectivity index (χ3n) is 1.57. The van der Waals surface area contributed by atoms with Gasteiger partial charge in [0.25, 0.3) is 0 Å². The van der Waals surface area contributed by atoms with Gasteiger partial charge in [0.15, 0.2) is 0 Å². The Labute approximate surface area is 91.5 Å². The highest BCUT2D eigenvalue weighted by molar-refractivity contribution is 8.76. The molecule has 0 saturated heterocycles. The minimum absolute atomic E-state index is 1.05. The van der Waals surface area contributed by atoms with E-state index in [1.165, 1.54) is 43.0 Å². The van der Waals surface area contributed by atoms with Crippen LogP contribution >= 0.6 is 33.1 Å². The molecule has 0 N–H and O–H groups in total. The SMILES string of the molecule is CCCCCCSSc1csnn1. The van der Waals surface area contributed by atoms with Crippen LogP contribution in [-0.2, 0) is 0 Å². The lowest BCUT2D eigenvalue weighted by Gasteiger charge is -1.97. The molecule has 0 radical (unpaired) electrons. The van der Waals surface area contributed by atoms with Crippen molar-refractivity contribution in [3.63, 3.8) is 0 Å². The van der Waals surface area contributed by atoms with Crippen molar-refractivity contribution in [3.8, 4) is 0 Å². The highest BCUT2D eigenvalue weighted by Gasteiger charge is 1.96. The summed E-state index contributed by atoms with van der Waals surface area (Å²) in [6.45, 7) is 2.24. The molecule has 0 unspecified atom stereocenters. The van der Waals surface area contributed by atoms with Crippen molar-refractivity contribution in [2.75, 3.05) is 5.75 Å². The van der Waals surface area contributed by atoms with Crippen molar-refractivity contribution < 1.29 is 0 Å². The minimum atomic E-state index is 1.05. The summed E-state index contributed by atoms with van der Waals surface area (Å²) >= 11 is 1.42. The predicted molar refractivity (Wildman–Crippen MR) is 62.4 cm³/mol. The van der Waals surface area contributed by atoms with Crippen molar-refractivity contribution in [3.05, 3.63) is 5.38 Å². The van der Waals surface area contributed by atoms with Gasteiger partial charge in [-0.2, -0.15) is 0 Å². The third kappa shape index (κ3) is 5.54. The summed E-state index contributed by atoms with van der Waals surface area (Å²) in [6, 6.07) is 0. The molecular formula is C8H14N2S3. The van der Waals surface area contributed by atoms with E-state index in [4.69, 9.17) is 0 Å². The van der Waals surface area contributed by atoms with Gasteiger partial charge in [-0.15, -0.1) is 5.10 Å². The maximum Gasteiger partial charge on any atom is 0.142 e. The molecule has 0 aliphatic heterocycles. The summed E-state index contributed by atoms with van der Waals surface area (Å²) in [5, 5.41) is 7.00. The summed E-state index contributed by atoms with van der Waals surface area (Å²) in [5.41, 5.74) is 0. The topological polar surface area (TPSA) is 25.8 Å². The van der Waals surface area contributed by atoms with E-state index >= 15 is 0 Å². The molecule has 1 heterocycles. The van der Waals surface area contributed by atoms with Crippen LogP contribution in [0.1, 0.15) is 32.6 Å². The standard InChI is InChI=1S/C8H14N2S3/c1-2-3-4-5-6-12-13-8-7-11-10-9-8/h7H,2-6H2,1H3. The molecule has 0 atom stereocenters. The molecule has 0 spiro atoms. The van der Waals surface area contributed by atoms with Crippen molar-refractivity contribution in [2.24, 2.45) is 0 Å². The highest BCUT2D eigenvalue weighted by Crippen LogP contribution is 2.30. The fourth-order valence-electron chi connectivity index (χ4n) is 0.882. The molecule has 0 saturated carbocycles. The average Bonchev–Trinajstić information content (AvgIpc) is 2.63. The average molecular weight is 234 g/mol. The maximum absolute atomic E-state index is 3.96. The number of aromatic nitrogens is 2. The van der Waals surface area contributed by atoms with E-state index in [9.17, 15) is 0 Å². The smallest absolute Gasteiger partial charge is 0.131 e. The second-order valence-corrected chi connectivity index (χ2v) is 5.75. The molecule has 0 aliphatic rings. The number of hydrogen-bond acceptors (Lipinski definition) is 5. The molecule has 2 nitrogen and oxygen atoms in total. The molecule has 0 aliphatic carbocycles. The molecule has 0 fully saturated rings. The van der Waals surface area contributed by atoms with E-state index < -0.39 is 0 Å². The lowest BCUT2D eigenvalue weighted by atomic mass is 10.2. The Hall–Kier alpha value is 0.260. The number of nitrogens with zero attached hydrogens (tertiary/aromatic N) is 2. The monoisotopic (exact) mass is 234 g/mol. The molecule has 13 heavy (non-hydrogen) atoms. The van der Waals surface area contributed by atoms with Crippen LogP contribution in [0.5, 0.6) is 0 Å². The Bertz CT molecular complexity index is 201. The zero-order valence-electron chi connectivity index (χ0n) is 7.73. The van der Waals surface area contributed by atoms with Crippen molar-refractivity contribution >= 4 is 33.1 Å². The molecule has 5 heteroatoms. The first kappa shape index (κ1) is 11.3. The molecule has 74 valence electrons. The van der Waals surface area contributed by atoms with Gasteiger partial charge in [0, 0.05) is 11.1 Å². The van der Waals surface area contributed by atoms with Crippen LogP contribution in [-0.4, -0.2) is 15.3 Å². The van der Waals surface area contributed by atoms with Gasteiger partial charge in [-0.3, -0.25) is 0 Å². The lowest BCUT2D eigenvalue weighted by molar-refractivity contribution is 0.707. The Balaban J connectivity index is 1.90. The molecule has 0 amide bonds. The van der Waals surface area contributed by atoms with E-state index in [-0.39, 0.29) is 0 Å². The Morgan fingerprint density at radius 2 is 2.31 bits per heavy atom. The first-order valence-corrected chi connectivity index (χ1v) is 7.65. The van der Waals surface area contributed by atoms with Crippen molar-refractivity contribution in [1.82, 2.24) is 9.59 Å². The number of unbranched alkanes of at least 4 members (excludes halogenated alkanes) is 3. The van der Waals surface area contributed by atoms with Crippen LogP contribution in [0.25, 0.3) is 0 Å². The molecular weight excluding hydrogens is 220 g/mol. The van der Waals surface area contributed by atoms with Crippen LogP contribution in [0.3, 0.4) is 0 Å². The number of hydrogen-bond donors (Lipinski definition) is 0. The van der Waals surface area contributed by atoms with Gasteiger partial charge in [-0.05, 0) is 28.7 Å². The Morgan fingerprint density at radius 3 is 3.00 bits per heavy atom. The summed E-state index contributed by atoms with van der Waals surface area (Å²) in [6.07, 6.45) is 5.36. The highest BCUT2D eigenvalue weighted by atomic mass is 33.1. The van der Waals surface area contributed by atoms with E-state index in [0.29, 0.717) is 0 Å². The maximum atomic E-state index is 3.96. The zero-order valence-corrected chi connectivity index (χ0v) is 10.2. The summed E-state index contributed by atoms with van der Waals surface area (Å²) in [5.74, 6) is 1.22. The van der Waals surface area contributed by atoms with Gasteiger partial charge < -0.3 is 0 Å². The molecule has 1 aromatic rings. The predicted octanol–water partition coefficient (Wildman–Crippen LogP) is 3.86. The second-order valence-electron chi connectivity index (χ2n) is 2.71. The van der Waals surface area contributed by atoms with Crippen LogP contribution in [0.2, 0.25) is 0 Å². The van der Waals surface area contributed by atoms with Crippen LogP contribution in [0, 0.1) is 0 Å². The van der Waals surface area contributed by atoms with Crippen molar-refractivity contribution in [1.29, 1.82) is 0 Å². The van der Waals surface area contributed by atoms with E-state index in [0.717, 1.165) is 5.03 Å². The summed E-state index contributed by atoms with van der Waals surface area (Å²) in [7, 11) is 3.62. The van der Waals surface area contributed by atoms with E-state index in [2.05, 4.69) is 16.5 Å². The normalized spacial score (nSPS) is 10.5. The molecule has 0 bridgehead atoms. The molecule has 1 aromatic heterocycles. The van der Waals surface area contributed by atoms with E-state index in [1.54, 1.807) is 10.8 Å². The minimum Gasteiger partial charge on any atom is -0.131 e. The van der Waals surface area contributed by atoms with Gasteiger partial charge in [-0.1, -0.05) is 41.5 Å². The summed E-state index contributed by atoms with van der Waals surface area (Å²) in [4.78, 5) is 0. The van der Waals surface area contributed by atoms with Crippen LogP contribution < -0.4 is 0 Å². The van der Waals surface area contributed by atoms with E-state index in [1.807, 2.05) is 16.2 Å². The Morgan fingerprint density at radius 1 is 1.38 bits per heavy atom. The Kier molecular flexibility index (Phi) is 6.67. The molecule has 1 rings (SSSR count). The summed E-state index contributed by atoms with van der Waals surface area (Å²) < 4.78 is 3.81. The second kappa shape index (κ2) is 7.64. The van der Waals surface area contributed by atoms with Gasteiger partial charge in [-0.25, -0.2) is 0 Å². The first-order valence-electron chi connectivity index (χ1n) is 4.50. The van der Waals surface area contributed by atoms with Gasteiger partial charge >= 0.3 is 0 Å². The van der Waals surface area contributed by atoms with Gasteiger partial charge in [0.2, 0.25) is 0 Å². The quantitative estimate of drug-likeness (QED) is 0.528. The fraction of sp³-hybridized carbons (Fsp3) is 0.750. The fourth-order valence-corrected chi connectivity index (χ4v) is 3.56. The van der Waals surface area contributed by atoms with Gasteiger partial charge in [0.05, 0.1) is 0 Å². The van der Waals surface area contributed by atoms with Gasteiger partial charge in [0.1, 0.15) is 5.03 Å². The van der Waals surface area contributed by atoms with Crippen LogP contribution in [0.15, 0.2) is 10.4 Å². The largest absolute Gasteiger partial charge is 0.142 e. The molecule has 0 aromatic carbocycles. The number of rotatable bonds is 7. The lowest BCUT2D eigenvalue weighted by Crippen LogP contribution is -1.78.